The van der Waals surface area contributed by atoms with Gasteiger partial charge in [-0.25, -0.2) is 0 Å². The third-order valence-electron chi connectivity index (χ3n) is 4.13. The summed E-state index contributed by atoms with van der Waals surface area (Å²) in [6.45, 7) is 4.29. The van der Waals surface area contributed by atoms with Crippen LogP contribution in [0.25, 0.3) is 0 Å². The molecule has 2 aliphatic rings. The number of rotatable bonds is 6. The molecule has 1 heterocycles. The Morgan fingerprint density at radius 3 is 2.67 bits per heavy atom. The molecule has 2 rings (SSSR count). The van der Waals surface area contributed by atoms with Crippen molar-refractivity contribution in [2.75, 3.05) is 19.8 Å². The SMILES string of the molecule is CC(CN)(NC(=O)CCC1CCOC1)C1CC1.Cl. The Balaban J connectivity index is 0.00000162. The number of ether oxygens (including phenoxy) is 1. The molecule has 18 heavy (non-hydrogen) atoms. The lowest BCUT2D eigenvalue weighted by atomic mass is 9.95. The van der Waals surface area contributed by atoms with E-state index in [4.69, 9.17) is 10.5 Å². The van der Waals surface area contributed by atoms with Crippen LogP contribution in [0.5, 0.6) is 0 Å². The molecule has 1 saturated heterocycles. The molecule has 2 fully saturated rings. The maximum Gasteiger partial charge on any atom is 0.220 e. The molecule has 0 radical (unpaired) electrons. The fourth-order valence-electron chi connectivity index (χ4n) is 2.57. The predicted molar refractivity (Wildman–Crippen MR) is 73.7 cm³/mol. The average molecular weight is 277 g/mol. The first-order valence-electron chi connectivity index (χ1n) is 6.73. The van der Waals surface area contributed by atoms with Crippen molar-refractivity contribution in [2.24, 2.45) is 17.6 Å². The standard InChI is InChI=1S/C13H24N2O2.ClH/c1-13(9-14,11-3-4-11)15-12(16)5-2-10-6-7-17-8-10;/h10-11H,2-9,14H2,1H3,(H,15,16);1H. The average Bonchev–Trinajstić information content (AvgIpc) is 3.05. The Hall–Kier alpha value is -0.320. The number of amides is 1. The highest BCUT2D eigenvalue weighted by atomic mass is 35.5. The summed E-state index contributed by atoms with van der Waals surface area (Å²) in [6, 6.07) is 0. The van der Waals surface area contributed by atoms with Gasteiger partial charge in [0.25, 0.3) is 0 Å². The highest BCUT2D eigenvalue weighted by Gasteiger charge is 2.41. The summed E-state index contributed by atoms with van der Waals surface area (Å²) in [5.41, 5.74) is 5.60. The minimum absolute atomic E-state index is 0. The van der Waals surface area contributed by atoms with E-state index < -0.39 is 0 Å². The molecule has 0 aromatic carbocycles. The van der Waals surface area contributed by atoms with Gasteiger partial charge in [-0.1, -0.05) is 0 Å². The lowest BCUT2D eigenvalue weighted by Gasteiger charge is -2.29. The molecule has 3 N–H and O–H groups in total. The summed E-state index contributed by atoms with van der Waals surface area (Å²) in [5.74, 6) is 1.31. The zero-order valence-electron chi connectivity index (χ0n) is 11.1. The highest BCUT2D eigenvalue weighted by Crippen LogP contribution is 2.39. The normalized spacial score (nSPS) is 26.2. The molecular weight excluding hydrogens is 252 g/mol. The van der Waals surface area contributed by atoms with Crippen LogP contribution in [0.15, 0.2) is 0 Å². The van der Waals surface area contributed by atoms with Crippen molar-refractivity contribution in [3.05, 3.63) is 0 Å². The third kappa shape index (κ3) is 4.11. The fourth-order valence-corrected chi connectivity index (χ4v) is 2.57. The second kappa shape index (κ2) is 6.73. The third-order valence-corrected chi connectivity index (χ3v) is 4.13. The molecule has 106 valence electrons. The molecule has 4 nitrogen and oxygen atoms in total. The van der Waals surface area contributed by atoms with Crippen molar-refractivity contribution in [3.63, 3.8) is 0 Å². The van der Waals surface area contributed by atoms with E-state index in [1.807, 2.05) is 0 Å². The van der Waals surface area contributed by atoms with Crippen LogP contribution in [-0.2, 0) is 9.53 Å². The number of nitrogens with one attached hydrogen (secondary N) is 1. The van der Waals surface area contributed by atoms with Crippen molar-refractivity contribution in [2.45, 2.75) is 44.6 Å². The molecule has 0 aromatic heterocycles. The minimum atomic E-state index is -0.177. The minimum Gasteiger partial charge on any atom is -0.381 e. The Kier molecular flexibility index (Phi) is 5.89. The summed E-state index contributed by atoms with van der Waals surface area (Å²) in [5, 5.41) is 3.12. The number of nitrogens with two attached hydrogens (primary N) is 1. The summed E-state index contributed by atoms with van der Waals surface area (Å²) in [4.78, 5) is 11.9. The van der Waals surface area contributed by atoms with Crippen LogP contribution in [-0.4, -0.2) is 31.2 Å². The predicted octanol–water partition coefficient (Wildman–Crippen LogP) is 1.47. The summed E-state index contributed by atoms with van der Waals surface area (Å²) in [6.07, 6.45) is 5.05. The Labute approximate surface area is 115 Å². The van der Waals surface area contributed by atoms with E-state index >= 15 is 0 Å². The van der Waals surface area contributed by atoms with E-state index in [9.17, 15) is 4.79 Å². The van der Waals surface area contributed by atoms with Gasteiger partial charge < -0.3 is 15.8 Å². The lowest BCUT2D eigenvalue weighted by Crippen LogP contribution is -2.53. The topological polar surface area (TPSA) is 64.3 Å². The zero-order chi connectivity index (χ0) is 12.3. The van der Waals surface area contributed by atoms with Gasteiger partial charge in [-0.15, -0.1) is 12.4 Å². The van der Waals surface area contributed by atoms with Gasteiger partial charge in [0.2, 0.25) is 5.91 Å². The number of carbonyl (C=O) groups is 1. The van der Waals surface area contributed by atoms with Crippen LogP contribution in [0.3, 0.4) is 0 Å². The van der Waals surface area contributed by atoms with Gasteiger partial charge in [-0.3, -0.25) is 4.79 Å². The fraction of sp³-hybridized carbons (Fsp3) is 0.923. The summed E-state index contributed by atoms with van der Waals surface area (Å²) < 4.78 is 5.31. The van der Waals surface area contributed by atoms with E-state index in [1.54, 1.807) is 0 Å². The van der Waals surface area contributed by atoms with Crippen molar-refractivity contribution in [3.8, 4) is 0 Å². The molecule has 2 unspecified atom stereocenters. The van der Waals surface area contributed by atoms with Gasteiger partial charge in [0, 0.05) is 26.2 Å². The molecule has 1 aliphatic carbocycles. The largest absolute Gasteiger partial charge is 0.381 e. The molecule has 0 spiro atoms. The molecule has 0 bridgehead atoms. The van der Waals surface area contributed by atoms with Crippen LogP contribution >= 0.6 is 12.4 Å². The summed E-state index contributed by atoms with van der Waals surface area (Å²) in [7, 11) is 0. The van der Waals surface area contributed by atoms with Crippen LogP contribution in [0.2, 0.25) is 0 Å². The molecule has 1 saturated carbocycles. The Morgan fingerprint density at radius 1 is 1.44 bits per heavy atom. The molecule has 5 heteroatoms. The van der Waals surface area contributed by atoms with E-state index in [0.29, 0.717) is 24.8 Å². The van der Waals surface area contributed by atoms with Crippen molar-refractivity contribution < 1.29 is 9.53 Å². The van der Waals surface area contributed by atoms with Crippen LogP contribution < -0.4 is 11.1 Å². The van der Waals surface area contributed by atoms with Crippen molar-refractivity contribution in [1.82, 2.24) is 5.32 Å². The number of hydrogen-bond donors (Lipinski definition) is 2. The number of hydrogen-bond acceptors (Lipinski definition) is 3. The lowest BCUT2D eigenvalue weighted by molar-refractivity contribution is -0.123. The Bertz CT molecular complexity index is 278. The first-order chi connectivity index (χ1) is 8.14. The van der Waals surface area contributed by atoms with Crippen LogP contribution in [0.1, 0.15) is 39.0 Å². The molecule has 1 amide bonds. The zero-order valence-corrected chi connectivity index (χ0v) is 11.9. The van der Waals surface area contributed by atoms with E-state index in [0.717, 1.165) is 26.1 Å². The molecule has 2 atom stereocenters. The first kappa shape index (κ1) is 15.7. The maximum absolute atomic E-state index is 11.9. The number of halogens is 1. The van der Waals surface area contributed by atoms with Crippen LogP contribution in [0, 0.1) is 11.8 Å². The van der Waals surface area contributed by atoms with Gasteiger partial charge in [0.05, 0.1) is 5.54 Å². The second-order valence-corrected chi connectivity index (χ2v) is 5.71. The smallest absolute Gasteiger partial charge is 0.220 e. The van der Waals surface area contributed by atoms with Gasteiger partial charge in [0.15, 0.2) is 0 Å². The quantitative estimate of drug-likeness (QED) is 0.772. The van der Waals surface area contributed by atoms with E-state index in [2.05, 4.69) is 12.2 Å². The van der Waals surface area contributed by atoms with Gasteiger partial charge in [0.1, 0.15) is 0 Å². The van der Waals surface area contributed by atoms with Crippen molar-refractivity contribution >= 4 is 18.3 Å². The van der Waals surface area contributed by atoms with Crippen molar-refractivity contribution in [1.29, 1.82) is 0 Å². The monoisotopic (exact) mass is 276 g/mol. The molecular formula is C13H25ClN2O2. The van der Waals surface area contributed by atoms with Gasteiger partial charge >= 0.3 is 0 Å². The summed E-state index contributed by atoms with van der Waals surface area (Å²) >= 11 is 0. The highest BCUT2D eigenvalue weighted by molar-refractivity contribution is 5.85. The molecule has 0 aromatic rings. The van der Waals surface area contributed by atoms with Gasteiger partial charge in [-0.05, 0) is 44.4 Å². The van der Waals surface area contributed by atoms with Gasteiger partial charge in [-0.2, -0.15) is 0 Å². The first-order valence-corrected chi connectivity index (χ1v) is 6.73. The Morgan fingerprint density at radius 2 is 2.17 bits per heavy atom. The van der Waals surface area contributed by atoms with Crippen LogP contribution in [0.4, 0.5) is 0 Å². The van der Waals surface area contributed by atoms with E-state index in [-0.39, 0.29) is 23.9 Å². The maximum atomic E-state index is 11.9. The van der Waals surface area contributed by atoms with E-state index in [1.165, 1.54) is 12.8 Å². The molecule has 1 aliphatic heterocycles. The number of carbonyl (C=O) groups excluding carboxylic acids is 1. The second-order valence-electron chi connectivity index (χ2n) is 5.71.